The van der Waals surface area contributed by atoms with Gasteiger partial charge in [0.25, 0.3) is 5.91 Å². The van der Waals surface area contributed by atoms with Crippen LogP contribution < -0.4 is 20.3 Å². The Labute approximate surface area is 288 Å². The van der Waals surface area contributed by atoms with E-state index in [1.54, 1.807) is 36.4 Å². The van der Waals surface area contributed by atoms with Crippen LogP contribution in [-0.2, 0) is 19.4 Å². The van der Waals surface area contributed by atoms with Crippen molar-refractivity contribution in [2.45, 2.75) is 74.4 Å². The number of ether oxygens (including phenoxy) is 1. The highest BCUT2D eigenvalue weighted by molar-refractivity contribution is 7.98. The molecule has 0 aromatic heterocycles. The van der Waals surface area contributed by atoms with Crippen molar-refractivity contribution in [1.29, 1.82) is 0 Å². The van der Waals surface area contributed by atoms with Gasteiger partial charge in [-0.3, -0.25) is 14.9 Å². The molecule has 3 aromatic carbocycles. The summed E-state index contributed by atoms with van der Waals surface area (Å²) < 4.78 is 34.7. The number of rotatable bonds is 17. The van der Waals surface area contributed by atoms with E-state index in [-0.39, 0.29) is 16.4 Å². The Bertz CT molecular complexity index is 1610. The number of fused-ring (bicyclic) bond motifs is 1. The molecule has 4 N–H and O–H groups in total. The maximum atomic E-state index is 14.3. The van der Waals surface area contributed by atoms with E-state index in [0.29, 0.717) is 22.7 Å². The molecule has 0 aliphatic carbocycles. The van der Waals surface area contributed by atoms with Gasteiger partial charge in [0, 0.05) is 23.7 Å². The van der Waals surface area contributed by atoms with Gasteiger partial charge >= 0.3 is 5.97 Å². The van der Waals surface area contributed by atoms with Crippen molar-refractivity contribution in [3.63, 3.8) is 0 Å². The van der Waals surface area contributed by atoms with E-state index in [2.05, 4.69) is 29.4 Å². The van der Waals surface area contributed by atoms with E-state index in [4.69, 9.17) is 9.84 Å². The van der Waals surface area contributed by atoms with Gasteiger partial charge in [-0.2, -0.15) is 0 Å². The second-order valence-corrected chi connectivity index (χ2v) is 15.1. The monoisotopic (exact) mass is 697 g/mol. The van der Waals surface area contributed by atoms with E-state index >= 15 is 0 Å². The third-order valence-electron chi connectivity index (χ3n) is 8.66. The minimum atomic E-state index is -3.77. The number of carbonyl (C=O) groups is 2. The maximum Gasteiger partial charge on any atom is 0.317 e. The second-order valence-electron chi connectivity index (χ2n) is 12.3. The van der Waals surface area contributed by atoms with Crippen molar-refractivity contribution >= 4 is 44.9 Å². The Morgan fingerprint density at radius 1 is 1.00 bits per heavy atom. The number of carboxylic acid groups (broad SMARTS) is 1. The molecule has 0 spiro atoms. The molecule has 1 amide bonds. The summed E-state index contributed by atoms with van der Waals surface area (Å²) in [7, 11) is -3.77. The zero-order valence-corrected chi connectivity index (χ0v) is 29.5. The largest absolute Gasteiger partial charge is 0.483 e. The van der Waals surface area contributed by atoms with Gasteiger partial charge in [0.2, 0.25) is 0 Å². The van der Waals surface area contributed by atoms with Gasteiger partial charge in [-0.15, -0.1) is 11.8 Å². The van der Waals surface area contributed by atoms with Crippen LogP contribution in [-0.4, -0.2) is 68.4 Å². The second kappa shape index (κ2) is 17.2. The molecule has 0 saturated carbocycles. The fourth-order valence-corrected chi connectivity index (χ4v) is 8.92. The first-order chi connectivity index (χ1) is 23.0. The number of aliphatic carboxylic acids is 1. The number of carboxylic acids is 1. The predicted octanol–water partition coefficient (Wildman–Crippen LogP) is 5.93. The SMILES string of the molecule is CCCCC1(CCCC)CN(c2ccccc2)c2cc(SC)c(OCC(=O)N[C@H](c3ccccc3)C(O)NCC(=O)O)cc2S(=O)(=O)C1. The normalized spacial score (nSPS) is 16.3. The van der Waals surface area contributed by atoms with Crippen molar-refractivity contribution in [2.24, 2.45) is 5.41 Å². The molecule has 0 saturated heterocycles. The van der Waals surface area contributed by atoms with Crippen molar-refractivity contribution in [3.8, 4) is 5.75 Å². The Morgan fingerprint density at radius 3 is 2.21 bits per heavy atom. The standard InChI is InChI=1S/C36H47N3O7S2/c1-4-6-18-36(19-7-5-2)24-39(27-16-12-9-13-17-27)28-20-30(47-3)29(21-31(28)48(44,45)25-36)46-23-32(40)38-34(26-14-10-8-11-15-26)35(43)37-22-33(41)42/h8-17,20-21,34-35,37,43H,4-7,18-19,22-25H2,1-3H3,(H,38,40)(H,41,42)/t34-,35?/m1/s1. The van der Waals surface area contributed by atoms with Crippen LogP contribution in [0.15, 0.2) is 82.6 Å². The summed E-state index contributed by atoms with van der Waals surface area (Å²) in [5, 5.41) is 25.0. The first-order valence-corrected chi connectivity index (χ1v) is 19.3. The number of carbonyl (C=O) groups excluding carboxylic acids is 1. The van der Waals surface area contributed by atoms with E-state index in [1.807, 2.05) is 42.7 Å². The lowest BCUT2D eigenvalue weighted by Crippen LogP contribution is -2.46. The number of nitrogens with one attached hydrogen (secondary N) is 2. The van der Waals surface area contributed by atoms with Gasteiger partial charge in [-0.1, -0.05) is 88.1 Å². The fraction of sp³-hybridized carbons (Fsp3) is 0.444. The summed E-state index contributed by atoms with van der Waals surface area (Å²) in [5.41, 5.74) is 1.62. The lowest BCUT2D eigenvalue weighted by atomic mass is 9.79. The number of aliphatic hydroxyl groups is 1. The summed E-state index contributed by atoms with van der Waals surface area (Å²) in [6, 6.07) is 21.0. The zero-order chi connectivity index (χ0) is 34.7. The summed E-state index contributed by atoms with van der Waals surface area (Å²) in [4.78, 5) is 27.3. The van der Waals surface area contributed by atoms with Gasteiger partial charge in [-0.05, 0) is 42.9 Å². The Hall–Kier alpha value is -3.58. The molecule has 1 aliphatic rings. The molecule has 260 valence electrons. The van der Waals surface area contributed by atoms with Crippen LogP contribution in [0.4, 0.5) is 11.4 Å². The first-order valence-electron chi connectivity index (χ1n) is 16.4. The molecule has 0 fully saturated rings. The Morgan fingerprint density at radius 2 is 1.62 bits per heavy atom. The smallest absolute Gasteiger partial charge is 0.317 e. The first kappa shape index (κ1) is 37.2. The number of anilines is 2. The van der Waals surface area contributed by atoms with Crippen LogP contribution in [0.1, 0.15) is 64.0 Å². The number of sulfone groups is 1. The Kier molecular flexibility index (Phi) is 13.3. The van der Waals surface area contributed by atoms with E-state index in [1.165, 1.54) is 11.8 Å². The van der Waals surface area contributed by atoms with Crippen molar-refractivity contribution < 1.29 is 33.0 Å². The molecule has 1 aliphatic heterocycles. The zero-order valence-electron chi connectivity index (χ0n) is 27.9. The highest BCUT2D eigenvalue weighted by atomic mass is 32.2. The van der Waals surface area contributed by atoms with Gasteiger partial charge in [0.15, 0.2) is 16.4 Å². The molecule has 1 unspecified atom stereocenters. The molecular formula is C36H47N3O7S2. The van der Waals surface area contributed by atoms with Crippen LogP contribution in [0.3, 0.4) is 0 Å². The number of amides is 1. The van der Waals surface area contributed by atoms with Crippen molar-refractivity contribution in [3.05, 3.63) is 78.4 Å². The Balaban J connectivity index is 1.68. The van der Waals surface area contributed by atoms with Crippen LogP contribution in [0.2, 0.25) is 0 Å². The summed E-state index contributed by atoms with van der Waals surface area (Å²) >= 11 is 1.39. The average Bonchev–Trinajstić information content (AvgIpc) is 3.18. The van der Waals surface area contributed by atoms with E-state index < -0.39 is 52.6 Å². The number of unbranched alkanes of at least 4 members (excludes halogenated alkanes) is 2. The van der Waals surface area contributed by atoms with E-state index in [9.17, 15) is 23.1 Å². The topological polar surface area (TPSA) is 145 Å². The molecule has 3 aromatic rings. The minimum absolute atomic E-state index is 0.0227. The van der Waals surface area contributed by atoms with Crippen LogP contribution in [0, 0.1) is 5.41 Å². The van der Waals surface area contributed by atoms with Crippen LogP contribution >= 0.6 is 11.8 Å². The number of aliphatic hydroxyl groups excluding tert-OH is 1. The number of thioether (sulfide) groups is 1. The molecular weight excluding hydrogens is 651 g/mol. The van der Waals surface area contributed by atoms with Gasteiger partial charge in [0.05, 0.1) is 33.8 Å². The molecule has 1 heterocycles. The molecule has 4 rings (SSSR count). The molecule has 2 atom stereocenters. The molecule has 48 heavy (non-hydrogen) atoms. The third kappa shape index (κ3) is 9.52. The average molecular weight is 698 g/mol. The van der Waals surface area contributed by atoms with Gasteiger partial charge < -0.3 is 25.2 Å². The van der Waals surface area contributed by atoms with Crippen molar-refractivity contribution in [2.75, 3.05) is 36.6 Å². The summed E-state index contributed by atoms with van der Waals surface area (Å²) in [6.07, 6.45) is 5.89. The summed E-state index contributed by atoms with van der Waals surface area (Å²) in [6.45, 7) is 3.86. The van der Waals surface area contributed by atoms with Crippen molar-refractivity contribution in [1.82, 2.24) is 10.6 Å². The third-order valence-corrected chi connectivity index (χ3v) is 11.4. The predicted molar refractivity (Wildman–Crippen MR) is 190 cm³/mol. The summed E-state index contributed by atoms with van der Waals surface area (Å²) in [5.74, 6) is -1.44. The molecule has 12 heteroatoms. The lowest BCUT2D eigenvalue weighted by Gasteiger charge is -2.37. The molecule has 0 bridgehead atoms. The molecule has 0 radical (unpaired) electrons. The lowest BCUT2D eigenvalue weighted by molar-refractivity contribution is -0.136. The number of hydrogen-bond acceptors (Lipinski definition) is 9. The van der Waals surface area contributed by atoms with Crippen LogP contribution in [0.25, 0.3) is 0 Å². The minimum Gasteiger partial charge on any atom is -0.483 e. The van der Waals surface area contributed by atoms with Gasteiger partial charge in [0.1, 0.15) is 12.0 Å². The maximum absolute atomic E-state index is 14.3. The van der Waals surface area contributed by atoms with E-state index in [0.717, 1.165) is 44.2 Å². The highest BCUT2D eigenvalue weighted by Gasteiger charge is 2.42. The highest BCUT2D eigenvalue weighted by Crippen LogP contribution is 2.47. The number of nitrogens with zero attached hydrogens (tertiary/aromatic N) is 1. The number of hydrogen-bond donors (Lipinski definition) is 4. The number of benzene rings is 3. The van der Waals surface area contributed by atoms with Gasteiger partial charge in [-0.25, -0.2) is 8.42 Å². The quantitative estimate of drug-likeness (QED) is 0.0990. The van der Waals surface area contributed by atoms with Crippen LogP contribution in [0.5, 0.6) is 5.75 Å². The fourth-order valence-electron chi connectivity index (χ4n) is 6.25. The molecule has 10 nitrogen and oxygen atoms in total. The number of para-hydroxylation sites is 1.